The van der Waals surface area contributed by atoms with E-state index >= 15 is 0 Å². The third-order valence-corrected chi connectivity index (χ3v) is 6.52. The standard InChI is InChI=1S/C25H37NO3/c1-7-8-9-12-26-23(28)16-10-11-19-18(13-16)22-20(27)14-17(24(2,3)4)15-21(22)29-25(19,5)6/h10,14-15,18-19,27H,7-9,11-13H2,1-6H3,(H,26,28)/t18-,19-/m1/s1. The van der Waals surface area contributed by atoms with E-state index in [0.717, 1.165) is 54.7 Å². The smallest absolute Gasteiger partial charge is 0.246 e. The minimum absolute atomic E-state index is 0.0382. The van der Waals surface area contributed by atoms with Crippen molar-refractivity contribution in [1.29, 1.82) is 0 Å². The van der Waals surface area contributed by atoms with E-state index in [1.54, 1.807) is 0 Å². The summed E-state index contributed by atoms with van der Waals surface area (Å²) in [7, 11) is 0. The fraction of sp³-hybridized carbons (Fsp3) is 0.640. The molecule has 0 spiro atoms. The number of rotatable bonds is 5. The number of aromatic hydroxyl groups is 1. The van der Waals surface area contributed by atoms with Gasteiger partial charge < -0.3 is 15.2 Å². The molecular formula is C25H37NO3. The van der Waals surface area contributed by atoms with E-state index < -0.39 is 0 Å². The van der Waals surface area contributed by atoms with Crippen LogP contribution in [0.2, 0.25) is 0 Å². The van der Waals surface area contributed by atoms with Gasteiger partial charge in [0.1, 0.15) is 17.1 Å². The first kappa shape index (κ1) is 21.7. The van der Waals surface area contributed by atoms with E-state index in [1.807, 2.05) is 6.07 Å². The molecule has 1 aromatic rings. The fourth-order valence-electron chi connectivity index (χ4n) is 4.70. The first-order valence-electron chi connectivity index (χ1n) is 11.1. The highest BCUT2D eigenvalue weighted by Crippen LogP contribution is 2.54. The predicted molar refractivity (Wildman–Crippen MR) is 118 cm³/mol. The zero-order chi connectivity index (χ0) is 21.4. The number of phenols is 1. The topological polar surface area (TPSA) is 58.6 Å². The number of hydrogen-bond donors (Lipinski definition) is 2. The molecule has 0 saturated heterocycles. The van der Waals surface area contributed by atoms with Gasteiger partial charge in [0.25, 0.3) is 0 Å². The molecule has 1 aliphatic heterocycles. The van der Waals surface area contributed by atoms with Crippen molar-refractivity contribution in [2.45, 2.75) is 90.6 Å². The summed E-state index contributed by atoms with van der Waals surface area (Å²) in [6.45, 7) is 13.5. The molecule has 160 valence electrons. The zero-order valence-electron chi connectivity index (χ0n) is 18.9. The lowest BCUT2D eigenvalue weighted by molar-refractivity contribution is -0.118. The van der Waals surface area contributed by atoms with Crippen LogP contribution in [0.5, 0.6) is 11.5 Å². The van der Waals surface area contributed by atoms with Gasteiger partial charge in [-0.15, -0.1) is 0 Å². The molecule has 0 aromatic heterocycles. The largest absolute Gasteiger partial charge is 0.508 e. The first-order chi connectivity index (χ1) is 13.5. The predicted octanol–water partition coefficient (Wildman–Crippen LogP) is 5.59. The average molecular weight is 400 g/mol. The molecule has 1 aliphatic carbocycles. The van der Waals surface area contributed by atoms with Gasteiger partial charge in [-0.1, -0.05) is 46.6 Å². The van der Waals surface area contributed by atoms with Crippen LogP contribution in [-0.4, -0.2) is 23.2 Å². The molecule has 0 unspecified atom stereocenters. The summed E-state index contributed by atoms with van der Waals surface area (Å²) in [5, 5.41) is 14.0. The zero-order valence-corrected chi connectivity index (χ0v) is 18.9. The maximum absolute atomic E-state index is 12.7. The first-order valence-corrected chi connectivity index (χ1v) is 11.1. The quantitative estimate of drug-likeness (QED) is 0.635. The van der Waals surface area contributed by atoms with E-state index in [0.29, 0.717) is 12.2 Å². The molecular weight excluding hydrogens is 362 g/mol. The van der Waals surface area contributed by atoms with Crippen molar-refractivity contribution < 1.29 is 14.6 Å². The van der Waals surface area contributed by atoms with Crippen molar-refractivity contribution in [3.8, 4) is 11.5 Å². The van der Waals surface area contributed by atoms with Crippen LogP contribution < -0.4 is 10.1 Å². The molecule has 0 saturated carbocycles. The molecule has 2 atom stereocenters. The van der Waals surface area contributed by atoms with Crippen molar-refractivity contribution in [2.75, 3.05) is 6.54 Å². The Morgan fingerprint density at radius 2 is 2.00 bits per heavy atom. The van der Waals surface area contributed by atoms with Gasteiger partial charge in [-0.25, -0.2) is 0 Å². The van der Waals surface area contributed by atoms with Crippen LogP contribution in [-0.2, 0) is 10.2 Å². The van der Waals surface area contributed by atoms with Gasteiger partial charge >= 0.3 is 0 Å². The minimum atomic E-state index is -0.347. The molecule has 4 heteroatoms. The number of hydrogen-bond acceptors (Lipinski definition) is 3. The highest BCUT2D eigenvalue weighted by Gasteiger charge is 2.47. The van der Waals surface area contributed by atoms with Gasteiger partial charge in [0, 0.05) is 29.5 Å². The Morgan fingerprint density at radius 1 is 1.28 bits per heavy atom. The Hall–Kier alpha value is -1.97. The number of fused-ring (bicyclic) bond motifs is 3. The number of nitrogens with one attached hydrogen (secondary N) is 1. The third-order valence-electron chi connectivity index (χ3n) is 6.52. The van der Waals surface area contributed by atoms with Gasteiger partial charge in [0.2, 0.25) is 5.91 Å². The van der Waals surface area contributed by atoms with Crippen molar-refractivity contribution in [3.63, 3.8) is 0 Å². The second-order valence-electron chi connectivity index (χ2n) is 10.2. The number of amides is 1. The van der Waals surface area contributed by atoms with Crippen LogP contribution >= 0.6 is 0 Å². The van der Waals surface area contributed by atoms with E-state index in [9.17, 15) is 9.90 Å². The second kappa shape index (κ2) is 8.04. The van der Waals surface area contributed by atoms with E-state index in [-0.39, 0.29) is 28.8 Å². The average Bonchev–Trinajstić information content (AvgIpc) is 2.63. The third kappa shape index (κ3) is 4.46. The lowest BCUT2D eigenvalue weighted by Gasteiger charge is -2.47. The highest BCUT2D eigenvalue weighted by atomic mass is 16.5. The summed E-state index contributed by atoms with van der Waals surface area (Å²) in [4.78, 5) is 12.7. The summed E-state index contributed by atoms with van der Waals surface area (Å²) in [6, 6.07) is 3.95. The van der Waals surface area contributed by atoms with Crippen LogP contribution in [0.3, 0.4) is 0 Å². The molecule has 29 heavy (non-hydrogen) atoms. The Balaban J connectivity index is 1.89. The summed E-state index contributed by atoms with van der Waals surface area (Å²) in [6.07, 6.45) is 6.80. The highest BCUT2D eigenvalue weighted by molar-refractivity contribution is 5.93. The summed E-state index contributed by atoms with van der Waals surface area (Å²) in [5.74, 6) is 1.42. The molecule has 1 aromatic carbocycles. The number of allylic oxidation sites excluding steroid dienone is 1. The minimum Gasteiger partial charge on any atom is -0.508 e. The summed E-state index contributed by atoms with van der Waals surface area (Å²) < 4.78 is 6.40. The SMILES string of the molecule is CCCCCNC(=O)C1=CC[C@@H]2[C@@H](C1)c1c(O)cc(C(C)(C)C)cc1OC2(C)C. The lowest BCUT2D eigenvalue weighted by Crippen LogP contribution is -2.46. The number of carbonyl (C=O) groups is 1. The van der Waals surface area contributed by atoms with Gasteiger partial charge in [0.05, 0.1) is 0 Å². The normalized spacial score (nSPS) is 22.8. The van der Waals surface area contributed by atoms with Crippen LogP contribution in [0.25, 0.3) is 0 Å². The van der Waals surface area contributed by atoms with Crippen molar-refractivity contribution in [3.05, 3.63) is 34.9 Å². The Kier molecular flexibility index (Phi) is 6.03. The lowest BCUT2D eigenvalue weighted by atomic mass is 9.66. The summed E-state index contributed by atoms with van der Waals surface area (Å²) in [5.41, 5.74) is 2.34. The summed E-state index contributed by atoms with van der Waals surface area (Å²) >= 11 is 0. The van der Waals surface area contributed by atoms with Gasteiger partial charge in [-0.2, -0.15) is 0 Å². The van der Waals surface area contributed by atoms with Crippen LogP contribution in [0, 0.1) is 5.92 Å². The second-order valence-corrected chi connectivity index (χ2v) is 10.2. The molecule has 0 bridgehead atoms. The molecule has 2 aliphatic rings. The Bertz CT molecular complexity index is 801. The van der Waals surface area contributed by atoms with Crippen molar-refractivity contribution >= 4 is 5.91 Å². The molecule has 1 heterocycles. The van der Waals surface area contributed by atoms with Crippen LogP contribution in [0.4, 0.5) is 0 Å². The fourth-order valence-corrected chi connectivity index (χ4v) is 4.70. The molecule has 1 amide bonds. The maximum Gasteiger partial charge on any atom is 0.246 e. The molecule has 3 rings (SSSR count). The molecule has 0 radical (unpaired) electrons. The molecule has 4 nitrogen and oxygen atoms in total. The van der Waals surface area contributed by atoms with Crippen LogP contribution in [0.1, 0.15) is 90.7 Å². The Morgan fingerprint density at radius 3 is 2.66 bits per heavy atom. The number of carbonyl (C=O) groups excluding carboxylic acids is 1. The van der Waals surface area contributed by atoms with Crippen molar-refractivity contribution in [2.24, 2.45) is 5.92 Å². The maximum atomic E-state index is 12.7. The van der Waals surface area contributed by atoms with E-state index in [1.165, 1.54) is 0 Å². The number of ether oxygens (including phenoxy) is 1. The van der Waals surface area contributed by atoms with Gasteiger partial charge in [-0.05, 0) is 56.2 Å². The van der Waals surface area contributed by atoms with E-state index in [4.69, 9.17) is 4.74 Å². The van der Waals surface area contributed by atoms with E-state index in [2.05, 4.69) is 59.0 Å². The number of phenolic OH excluding ortho intramolecular Hbond substituents is 1. The van der Waals surface area contributed by atoms with Gasteiger partial charge in [0.15, 0.2) is 0 Å². The number of unbranched alkanes of at least 4 members (excludes halogenated alkanes) is 2. The molecule has 0 fully saturated rings. The monoisotopic (exact) mass is 399 g/mol. The Labute approximate surface area is 175 Å². The van der Waals surface area contributed by atoms with Crippen LogP contribution in [0.15, 0.2) is 23.8 Å². The molecule has 2 N–H and O–H groups in total. The van der Waals surface area contributed by atoms with Gasteiger partial charge in [-0.3, -0.25) is 4.79 Å². The number of benzene rings is 1. The van der Waals surface area contributed by atoms with Crippen molar-refractivity contribution in [1.82, 2.24) is 5.32 Å².